The zero-order chi connectivity index (χ0) is 20.9. The molecule has 0 radical (unpaired) electrons. The Bertz CT molecular complexity index is 963. The van der Waals surface area contributed by atoms with Gasteiger partial charge in [0.2, 0.25) is 10.0 Å². The monoisotopic (exact) mass is 403 g/mol. The first kappa shape index (κ1) is 21.4. The lowest BCUT2D eigenvalue weighted by atomic mass is 10.1. The zero-order valence-corrected chi connectivity index (χ0v) is 17.5. The van der Waals surface area contributed by atoms with E-state index in [2.05, 4.69) is 10.5 Å². The molecule has 0 aliphatic rings. The maximum atomic E-state index is 12.3. The minimum atomic E-state index is -3.63. The Kier molecular flexibility index (Phi) is 6.80. The lowest BCUT2D eigenvalue weighted by Crippen LogP contribution is -2.39. The summed E-state index contributed by atoms with van der Waals surface area (Å²) in [6.45, 7) is 5.14. The van der Waals surface area contributed by atoms with Crippen molar-refractivity contribution < 1.29 is 17.9 Å². The lowest BCUT2D eigenvalue weighted by molar-refractivity contribution is -0.119. The van der Waals surface area contributed by atoms with Gasteiger partial charge in [-0.2, -0.15) is 5.10 Å². The molecule has 0 saturated heterocycles. The van der Waals surface area contributed by atoms with E-state index in [0.29, 0.717) is 11.4 Å². The summed E-state index contributed by atoms with van der Waals surface area (Å²) in [5.74, 6) is 0.190. The fourth-order valence-corrected chi connectivity index (χ4v) is 3.54. The molecule has 1 N–H and O–H groups in total. The molecule has 0 atom stereocenters. The molecular weight excluding hydrogens is 378 g/mol. The van der Waals surface area contributed by atoms with Crippen molar-refractivity contribution in [3.8, 4) is 5.75 Å². The third-order valence-corrected chi connectivity index (χ3v) is 5.18. The molecule has 2 aromatic rings. The highest BCUT2D eigenvalue weighted by Gasteiger charge is 2.21. The van der Waals surface area contributed by atoms with Gasteiger partial charge in [0.25, 0.3) is 5.91 Å². The van der Waals surface area contributed by atoms with Gasteiger partial charge in [-0.1, -0.05) is 6.07 Å². The van der Waals surface area contributed by atoms with E-state index >= 15 is 0 Å². The first-order valence-corrected chi connectivity index (χ1v) is 10.5. The van der Waals surface area contributed by atoms with Crippen LogP contribution >= 0.6 is 0 Å². The largest absolute Gasteiger partial charge is 0.497 e. The number of aryl methyl sites for hydroxylation is 2. The topological polar surface area (TPSA) is 88.1 Å². The molecule has 0 bridgehead atoms. The normalized spacial score (nSPS) is 11.8. The number of nitrogens with zero attached hydrogens (tertiary/aromatic N) is 2. The van der Waals surface area contributed by atoms with E-state index in [0.717, 1.165) is 33.0 Å². The molecule has 0 spiro atoms. The maximum absolute atomic E-state index is 12.3. The van der Waals surface area contributed by atoms with Gasteiger partial charge in [-0.05, 0) is 73.9 Å². The van der Waals surface area contributed by atoms with Gasteiger partial charge >= 0.3 is 0 Å². The van der Waals surface area contributed by atoms with Crippen molar-refractivity contribution in [2.45, 2.75) is 20.8 Å². The van der Waals surface area contributed by atoms with Crippen LogP contribution in [0.1, 0.15) is 23.6 Å². The first-order chi connectivity index (χ1) is 13.1. The van der Waals surface area contributed by atoms with Crippen LogP contribution in [0.3, 0.4) is 0 Å². The molecule has 1 amide bonds. The Hall–Kier alpha value is -2.87. The fraction of sp³-hybridized carbons (Fsp3) is 0.300. The summed E-state index contributed by atoms with van der Waals surface area (Å²) in [5, 5.41) is 4.07. The minimum absolute atomic E-state index is 0.360. The van der Waals surface area contributed by atoms with Crippen molar-refractivity contribution in [2.75, 3.05) is 24.2 Å². The summed E-state index contributed by atoms with van der Waals surface area (Å²) in [6.07, 6.45) is 1.07. The number of nitrogens with one attached hydrogen (secondary N) is 1. The zero-order valence-electron chi connectivity index (χ0n) is 16.7. The van der Waals surface area contributed by atoms with Crippen LogP contribution in [0.2, 0.25) is 0 Å². The number of rotatable bonds is 7. The Balaban J connectivity index is 2.15. The fourth-order valence-electron chi connectivity index (χ4n) is 2.70. The van der Waals surface area contributed by atoms with Gasteiger partial charge in [-0.25, -0.2) is 13.8 Å². The predicted octanol–water partition coefficient (Wildman–Crippen LogP) is 2.62. The van der Waals surface area contributed by atoms with E-state index in [-0.39, 0.29) is 6.54 Å². The third-order valence-electron chi connectivity index (χ3n) is 4.04. The maximum Gasteiger partial charge on any atom is 0.260 e. The van der Waals surface area contributed by atoms with Crippen LogP contribution in [0.25, 0.3) is 0 Å². The summed E-state index contributed by atoms with van der Waals surface area (Å²) in [4.78, 5) is 12.3. The van der Waals surface area contributed by atoms with Crippen molar-refractivity contribution in [3.05, 3.63) is 59.2 Å². The average Bonchev–Trinajstić information content (AvgIpc) is 2.62. The Labute approximate surface area is 166 Å². The van der Waals surface area contributed by atoms with Crippen LogP contribution in [0.15, 0.2) is 47.6 Å². The van der Waals surface area contributed by atoms with E-state index in [1.807, 2.05) is 32.0 Å². The van der Waals surface area contributed by atoms with Crippen LogP contribution in [-0.4, -0.2) is 39.9 Å². The standard InChI is InChI=1S/C20H25N3O4S/c1-14-10-15(2)12-18(11-14)23(28(5,25)26)13-20(24)22-21-16(3)17-6-8-19(27-4)9-7-17/h6-12H,13H2,1-5H3,(H,22,24)/b21-16-. The number of carbonyl (C=O) groups is 1. The van der Waals surface area contributed by atoms with Crippen molar-refractivity contribution in [2.24, 2.45) is 5.10 Å². The van der Waals surface area contributed by atoms with E-state index in [9.17, 15) is 13.2 Å². The van der Waals surface area contributed by atoms with Crippen LogP contribution in [0.4, 0.5) is 5.69 Å². The molecule has 2 aromatic carbocycles. The quantitative estimate of drug-likeness (QED) is 0.569. The molecule has 0 aliphatic carbocycles. The smallest absolute Gasteiger partial charge is 0.260 e. The molecule has 0 aromatic heterocycles. The second-order valence-electron chi connectivity index (χ2n) is 6.58. The number of hydrogen-bond acceptors (Lipinski definition) is 5. The van der Waals surface area contributed by atoms with E-state index < -0.39 is 15.9 Å². The number of sulfonamides is 1. The summed E-state index contributed by atoms with van der Waals surface area (Å²) in [7, 11) is -2.05. The summed E-state index contributed by atoms with van der Waals surface area (Å²) < 4.78 is 30.6. The third kappa shape index (κ3) is 5.82. The molecular formula is C20H25N3O4S. The highest BCUT2D eigenvalue weighted by molar-refractivity contribution is 7.92. The molecule has 150 valence electrons. The van der Waals surface area contributed by atoms with E-state index in [1.165, 1.54) is 0 Å². The summed E-state index contributed by atoms with van der Waals surface area (Å²) in [6, 6.07) is 12.6. The van der Waals surface area contributed by atoms with Gasteiger partial charge in [0.1, 0.15) is 12.3 Å². The lowest BCUT2D eigenvalue weighted by Gasteiger charge is -2.22. The number of hydrazone groups is 1. The van der Waals surface area contributed by atoms with Gasteiger partial charge in [0, 0.05) is 0 Å². The van der Waals surface area contributed by atoms with Crippen LogP contribution in [0.5, 0.6) is 5.75 Å². The molecule has 8 heteroatoms. The van der Waals surface area contributed by atoms with Crippen LogP contribution < -0.4 is 14.5 Å². The SMILES string of the molecule is COc1ccc(/C(C)=N\NC(=O)CN(c2cc(C)cc(C)c2)S(C)(=O)=O)cc1. The Morgan fingerprint density at radius 3 is 2.18 bits per heavy atom. The van der Waals surface area contributed by atoms with Crippen molar-refractivity contribution >= 4 is 27.3 Å². The molecule has 2 rings (SSSR count). The second-order valence-corrected chi connectivity index (χ2v) is 8.48. The molecule has 0 aliphatic heterocycles. The molecule has 0 saturated carbocycles. The number of amides is 1. The van der Waals surface area contributed by atoms with Gasteiger partial charge in [0.05, 0.1) is 24.8 Å². The van der Waals surface area contributed by atoms with Crippen molar-refractivity contribution in [1.29, 1.82) is 0 Å². The summed E-state index contributed by atoms with van der Waals surface area (Å²) in [5.41, 5.74) is 6.11. The Morgan fingerprint density at radius 1 is 1.11 bits per heavy atom. The van der Waals surface area contributed by atoms with Gasteiger partial charge in [-0.3, -0.25) is 9.10 Å². The highest BCUT2D eigenvalue weighted by Crippen LogP contribution is 2.21. The minimum Gasteiger partial charge on any atom is -0.497 e. The summed E-state index contributed by atoms with van der Waals surface area (Å²) >= 11 is 0. The number of ether oxygens (including phenoxy) is 1. The number of benzene rings is 2. The number of anilines is 1. The number of hydrogen-bond donors (Lipinski definition) is 1. The molecule has 0 heterocycles. The van der Waals surface area contributed by atoms with E-state index in [4.69, 9.17) is 4.74 Å². The average molecular weight is 404 g/mol. The van der Waals surface area contributed by atoms with Gasteiger partial charge in [-0.15, -0.1) is 0 Å². The second kappa shape index (κ2) is 8.88. The van der Waals surface area contributed by atoms with Crippen molar-refractivity contribution in [1.82, 2.24) is 5.43 Å². The molecule has 0 unspecified atom stereocenters. The van der Waals surface area contributed by atoms with Gasteiger partial charge < -0.3 is 4.74 Å². The van der Waals surface area contributed by atoms with Crippen molar-refractivity contribution in [3.63, 3.8) is 0 Å². The first-order valence-electron chi connectivity index (χ1n) is 8.63. The number of carbonyl (C=O) groups excluding carboxylic acids is 1. The van der Waals surface area contributed by atoms with E-state index in [1.54, 1.807) is 38.3 Å². The number of methoxy groups -OCH3 is 1. The van der Waals surface area contributed by atoms with Gasteiger partial charge in [0.15, 0.2) is 0 Å². The van der Waals surface area contributed by atoms with Crippen LogP contribution in [-0.2, 0) is 14.8 Å². The van der Waals surface area contributed by atoms with Crippen LogP contribution in [0, 0.1) is 13.8 Å². The molecule has 28 heavy (non-hydrogen) atoms. The predicted molar refractivity (Wildman–Crippen MR) is 111 cm³/mol. The molecule has 7 nitrogen and oxygen atoms in total. The Morgan fingerprint density at radius 2 is 1.68 bits per heavy atom. The molecule has 0 fully saturated rings. The highest BCUT2D eigenvalue weighted by atomic mass is 32.2.